The number of rotatable bonds is 1. The van der Waals surface area contributed by atoms with Crippen LogP contribution in [0.15, 0.2) is 30.5 Å². The van der Waals surface area contributed by atoms with Crippen LogP contribution >= 0.6 is 11.6 Å². The largest absolute Gasteiger partial charge is 0.318 e. The topological polar surface area (TPSA) is 43.8 Å². The van der Waals surface area contributed by atoms with E-state index in [1.54, 1.807) is 0 Å². The molecule has 1 atom stereocenters. The molecule has 0 saturated heterocycles. The van der Waals surface area contributed by atoms with E-state index in [-0.39, 0.29) is 6.17 Å². The van der Waals surface area contributed by atoms with E-state index in [9.17, 15) is 0 Å². The average molecular weight is 248 g/mol. The highest BCUT2D eigenvalue weighted by Crippen LogP contribution is 2.30. The van der Waals surface area contributed by atoms with Crippen LogP contribution in [0.2, 0.25) is 5.02 Å². The molecule has 17 heavy (non-hydrogen) atoms. The van der Waals surface area contributed by atoms with Gasteiger partial charge in [-0.1, -0.05) is 29.8 Å². The number of hydrogen-bond acceptors (Lipinski definition) is 2. The molecular weight excluding hydrogens is 234 g/mol. The third kappa shape index (κ3) is 1.85. The predicted octanol–water partition coefficient (Wildman–Crippen LogP) is 3.00. The lowest BCUT2D eigenvalue weighted by Crippen LogP contribution is -2.24. The molecule has 0 fully saturated rings. The number of benzene rings is 1. The third-order valence-electron chi connectivity index (χ3n) is 3.22. The standard InChI is InChI=1S/C13H14ClN3/c14-10-5-2-1-4-9(10)11-8-17-12(15)6-3-7-13(17)16-11/h1-2,4-5,8,12H,3,6-7,15H2. The monoisotopic (exact) mass is 247 g/mol. The Hall–Kier alpha value is -1.32. The SMILES string of the molecule is NC1CCCc2nc(-c3ccccc3Cl)cn21. The van der Waals surface area contributed by atoms with Crippen LogP contribution in [-0.2, 0) is 6.42 Å². The molecule has 1 aliphatic rings. The molecule has 1 aliphatic heterocycles. The van der Waals surface area contributed by atoms with Gasteiger partial charge in [0.15, 0.2) is 0 Å². The van der Waals surface area contributed by atoms with Gasteiger partial charge in [0, 0.05) is 18.2 Å². The molecule has 0 bridgehead atoms. The van der Waals surface area contributed by atoms with Crippen LogP contribution in [0.5, 0.6) is 0 Å². The molecule has 4 heteroatoms. The van der Waals surface area contributed by atoms with Gasteiger partial charge in [-0.2, -0.15) is 0 Å². The molecule has 0 saturated carbocycles. The summed E-state index contributed by atoms with van der Waals surface area (Å²) in [6.45, 7) is 0. The average Bonchev–Trinajstić information content (AvgIpc) is 2.75. The number of aromatic nitrogens is 2. The van der Waals surface area contributed by atoms with Crippen LogP contribution in [0, 0.1) is 0 Å². The maximum atomic E-state index is 6.18. The molecule has 0 spiro atoms. The predicted molar refractivity (Wildman–Crippen MR) is 68.8 cm³/mol. The fourth-order valence-electron chi connectivity index (χ4n) is 2.31. The maximum Gasteiger partial charge on any atom is 0.110 e. The minimum Gasteiger partial charge on any atom is -0.318 e. The van der Waals surface area contributed by atoms with Gasteiger partial charge in [-0.3, -0.25) is 0 Å². The van der Waals surface area contributed by atoms with Crippen molar-refractivity contribution in [1.82, 2.24) is 9.55 Å². The maximum absolute atomic E-state index is 6.18. The molecule has 0 radical (unpaired) electrons. The molecule has 2 N–H and O–H groups in total. The van der Waals surface area contributed by atoms with Gasteiger partial charge in [-0.25, -0.2) is 4.98 Å². The van der Waals surface area contributed by atoms with Crippen LogP contribution < -0.4 is 5.73 Å². The number of nitrogens with two attached hydrogens (primary N) is 1. The van der Waals surface area contributed by atoms with Gasteiger partial charge >= 0.3 is 0 Å². The van der Waals surface area contributed by atoms with Crippen molar-refractivity contribution in [3.8, 4) is 11.3 Å². The smallest absolute Gasteiger partial charge is 0.110 e. The molecule has 1 aromatic carbocycles. The first-order chi connectivity index (χ1) is 8.25. The second-order valence-corrected chi connectivity index (χ2v) is 4.80. The molecule has 0 aliphatic carbocycles. The van der Waals surface area contributed by atoms with Crippen LogP contribution in [0.1, 0.15) is 24.8 Å². The number of imidazole rings is 1. The summed E-state index contributed by atoms with van der Waals surface area (Å²) in [5.41, 5.74) is 7.96. The van der Waals surface area contributed by atoms with Crippen LogP contribution in [0.25, 0.3) is 11.3 Å². The second-order valence-electron chi connectivity index (χ2n) is 4.39. The van der Waals surface area contributed by atoms with E-state index in [1.807, 2.05) is 30.5 Å². The van der Waals surface area contributed by atoms with E-state index in [0.29, 0.717) is 0 Å². The quantitative estimate of drug-likeness (QED) is 0.842. The summed E-state index contributed by atoms with van der Waals surface area (Å²) >= 11 is 6.18. The molecule has 2 heterocycles. The van der Waals surface area contributed by atoms with Gasteiger partial charge in [0.05, 0.1) is 16.9 Å². The summed E-state index contributed by atoms with van der Waals surface area (Å²) in [5.74, 6) is 1.07. The first-order valence-electron chi connectivity index (χ1n) is 5.84. The highest BCUT2D eigenvalue weighted by molar-refractivity contribution is 6.33. The molecule has 2 aromatic rings. The van der Waals surface area contributed by atoms with Crippen molar-refractivity contribution >= 4 is 11.6 Å². The highest BCUT2D eigenvalue weighted by Gasteiger charge is 2.19. The lowest BCUT2D eigenvalue weighted by Gasteiger charge is -2.20. The summed E-state index contributed by atoms with van der Waals surface area (Å²) < 4.78 is 2.07. The zero-order valence-corrected chi connectivity index (χ0v) is 10.2. The van der Waals surface area contributed by atoms with Crippen LogP contribution in [0.3, 0.4) is 0 Å². The van der Waals surface area contributed by atoms with Crippen molar-refractivity contribution in [2.45, 2.75) is 25.4 Å². The lowest BCUT2D eigenvalue weighted by molar-refractivity contribution is 0.408. The van der Waals surface area contributed by atoms with Crippen LogP contribution in [-0.4, -0.2) is 9.55 Å². The number of aryl methyl sites for hydroxylation is 1. The van der Waals surface area contributed by atoms with E-state index >= 15 is 0 Å². The summed E-state index contributed by atoms with van der Waals surface area (Å²) in [7, 11) is 0. The van der Waals surface area contributed by atoms with Gasteiger partial charge in [0.1, 0.15) is 5.82 Å². The molecule has 1 unspecified atom stereocenters. The van der Waals surface area contributed by atoms with E-state index in [2.05, 4.69) is 9.55 Å². The van der Waals surface area contributed by atoms with Crippen LogP contribution in [0.4, 0.5) is 0 Å². The van der Waals surface area contributed by atoms with Gasteiger partial charge in [-0.15, -0.1) is 0 Å². The fourth-order valence-corrected chi connectivity index (χ4v) is 2.54. The Morgan fingerprint density at radius 2 is 2.18 bits per heavy atom. The lowest BCUT2D eigenvalue weighted by atomic mass is 10.1. The zero-order valence-electron chi connectivity index (χ0n) is 9.44. The summed E-state index contributed by atoms with van der Waals surface area (Å²) in [6.07, 6.45) is 5.20. The third-order valence-corrected chi connectivity index (χ3v) is 3.55. The van der Waals surface area contributed by atoms with Gasteiger partial charge in [0.2, 0.25) is 0 Å². The molecule has 3 rings (SSSR count). The van der Waals surface area contributed by atoms with Crippen molar-refractivity contribution in [2.24, 2.45) is 5.73 Å². The molecule has 1 aromatic heterocycles. The summed E-state index contributed by atoms with van der Waals surface area (Å²) in [6, 6.07) is 7.77. The number of nitrogens with zero attached hydrogens (tertiary/aromatic N) is 2. The Bertz CT molecular complexity index is 547. The molecular formula is C13H14ClN3. The fraction of sp³-hybridized carbons (Fsp3) is 0.308. The van der Waals surface area contributed by atoms with Crippen molar-refractivity contribution in [2.75, 3.05) is 0 Å². The molecule has 0 amide bonds. The van der Waals surface area contributed by atoms with E-state index in [1.165, 1.54) is 0 Å². The second kappa shape index (κ2) is 4.17. The first kappa shape index (κ1) is 10.8. The number of hydrogen-bond donors (Lipinski definition) is 1. The van der Waals surface area contributed by atoms with E-state index < -0.39 is 0 Å². The van der Waals surface area contributed by atoms with Crippen molar-refractivity contribution < 1.29 is 0 Å². The first-order valence-corrected chi connectivity index (χ1v) is 6.22. The normalized spacial score (nSPS) is 19.1. The minimum absolute atomic E-state index is 0.0579. The van der Waals surface area contributed by atoms with E-state index in [4.69, 9.17) is 17.3 Å². The highest BCUT2D eigenvalue weighted by atomic mass is 35.5. The molecule has 88 valence electrons. The minimum atomic E-state index is 0.0579. The Kier molecular flexibility index (Phi) is 2.65. The molecule has 3 nitrogen and oxygen atoms in total. The van der Waals surface area contributed by atoms with Crippen molar-refractivity contribution in [3.05, 3.63) is 41.3 Å². The van der Waals surface area contributed by atoms with Gasteiger partial charge < -0.3 is 10.3 Å². The summed E-state index contributed by atoms with van der Waals surface area (Å²) in [4.78, 5) is 4.63. The van der Waals surface area contributed by atoms with Crippen molar-refractivity contribution in [1.29, 1.82) is 0 Å². The zero-order chi connectivity index (χ0) is 11.8. The number of fused-ring (bicyclic) bond motifs is 1. The Labute approximate surface area is 105 Å². The van der Waals surface area contributed by atoms with Crippen molar-refractivity contribution in [3.63, 3.8) is 0 Å². The Morgan fingerprint density at radius 3 is 2.94 bits per heavy atom. The van der Waals surface area contributed by atoms with Gasteiger partial charge in [-0.05, 0) is 18.9 Å². The Balaban J connectivity index is 2.08. The van der Waals surface area contributed by atoms with E-state index in [0.717, 1.165) is 41.4 Å². The number of halogens is 1. The Morgan fingerprint density at radius 1 is 1.35 bits per heavy atom. The summed E-state index contributed by atoms with van der Waals surface area (Å²) in [5, 5.41) is 0.733. The van der Waals surface area contributed by atoms with Gasteiger partial charge in [0.25, 0.3) is 0 Å².